The fraction of sp³-hybridized carbons (Fsp3) is 0.412. The van der Waals surface area contributed by atoms with E-state index in [4.69, 9.17) is 11.6 Å². The van der Waals surface area contributed by atoms with Gasteiger partial charge in [0.05, 0.1) is 5.75 Å². The Balaban J connectivity index is 1.60. The maximum absolute atomic E-state index is 12.6. The first-order valence-electron chi connectivity index (χ1n) is 8.46. The number of hydrogen-bond donors (Lipinski definition) is 2. The smallest absolute Gasteiger partial charge is 0.218 e. The van der Waals surface area contributed by atoms with Gasteiger partial charge in [-0.3, -0.25) is 0 Å². The van der Waals surface area contributed by atoms with E-state index in [-0.39, 0.29) is 11.8 Å². The Morgan fingerprint density at radius 1 is 1.19 bits per heavy atom. The van der Waals surface area contributed by atoms with Gasteiger partial charge in [0.2, 0.25) is 10.0 Å². The van der Waals surface area contributed by atoms with Crippen LogP contribution in [0.4, 0.5) is 11.5 Å². The molecule has 7 nitrogen and oxygen atoms in total. The van der Waals surface area contributed by atoms with Crippen molar-refractivity contribution in [3.63, 3.8) is 0 Å². The molecule has 2 aromatic rings. The van der Waals surface area contributed by atoms with Gasteiger partial charge in [0.1, 0.15) is 12.0 Å². The van der Waals surface area contributed by atoms with Crippen LogP contribution in [-0.2, 0) is 15.8 Å². The predicted molar refractivity (Wildman–Crippen MR) is 104 cm³/mol. The summed E-state index contributed by atoms with van der Waals surface area (Å²) in [4.78, 5) is 8.18. The zero-order valence-corrected chi connectivity index (χ0v) is 16.1. The van der Waals surface area contributed by atoms with Crippen molar-refractivity contribution >= 4 is 33.1 Å². The monoisotopic (exact) mass is 395 g/mol. The lowest BCUT2D eigenvalue weighted by molar-refractivity contribution is 0.329. The summed E-state index contributed by atoms with van der Waals surface area (Å²) < 4.78 is 26.8. The number of benzene rings is 1. The Hall–Kier alpha value is -1.90. The van der Waals surface area contributed by atoms with Crippen molar-refractivity contribution in [3.05, 3.63) is 47.4 Å². The molecule has 9 heteroatoms. The van der Waals surface area contributed by atoms with Crippen LogP contribution < -0.4 is 10.6 Å². The summed E-state index contributed by atoms with van der Waals surface area (Å²) in [5.74, 6) is 0.676. The van der Waals surface area contributed by atoms with Gasteiger partial charge in [-0.05, 0) is 18.4 Å². The minimum Gasteiger partial charge on any atom is -0.383 e. The summed E-state index contributed by atoms with van der Waals surface area (Å²) in [6.07, 6.45) is 2.82. The molecule has 1 saturated heterocycles. The Labute approximate surface area is 158 Å². The van der Waals surface area contributed by atoms with E-state index in [0.717, 1.165) is 5.56 Å². The van der Waals surface area contributed by atoms with Gasteiger partial charge in [-0.2, -0.15) is 0 Å². The van der Waals surface area contributed by atoms with Crippen molar-refractivity contribution in [1.82, 2.24) is 14.3 Å². The molecule has 26 heavy (non-hydrogen) atoms. The minimum atomic E-state index is -3.31. The van der Waals surface area contributed by atoms with Crippen molar-refractivity contribution in [2.75, 3.05) is 30.8 Å². The second kappa shape index (κ2) is 8.20. The number of nitrogens with one attached hydrogen (secondary N) is 2. The molecule has 0 bridgehead atoms. The second-order valence-corrected chi connectivity index (χ2v) is 8.52. The molecule has 2 N–H and O–H groups in total. The molecule has 0 aliphatic carbocycles. The summed E-state index contributed by atoms with van der Waals surface area (Å²) in [6, 6.07) is 9.40. The summed E-state index contributed by atoms with van der Waals surface area (Å²) in [7, 11) is -1.55. The quantitative estimate of drug-likeness (QED) is 0.731. The molecule has 0 unspecified atom stereocenters. The Bertz CT molecular complexity index is 839. The molecule has 1 aromatic carbocycles. The molecule has 1 aliphatic rings. The predicted octanol–water partition coefficient (Wildman–Crippen LogP) is 2.58. The van der Waals surface area contributed by atoms with Gasteiger partial charge in [0, 0.05) is 26.2 Å². The molecule has 1 fully saturated rings. The summed E-state index contributed by atoms with van der Waals surface area (Å²) >= 11 is 6.07. The Morgan fingerprint density at radius 3 is 2.54 bits per heavy atom. The Kier molecular flexibility index (Phi) is 5.95. The molecule has 0 amide bonds. The van der Waals surface area contributed by atoms with Gasteiger partial charge in [0.25, 0.3) is 0 Å². The highest BCUT2D eigenvalue weighted by atomic mass is 35.5. The zero-order valence-electron chi connectivity index (χ0n) is 14.5. The third kappa shape index (κ3) is 4.44. The first-order valence-corrected chi connectivity index (χ1v) is 10.4. The van der Waals surface area contributed by atoms with E-state index >= 15 is 0 Å². The number of anilines is 2. The molecule has 0 spiro atoms. The van der Waals surface area contributed by atoms with Crippen LogP contribution in [0.1, 0.15) is 18.4 Å². The number of aromatic nitrogens is 2. The largest absolute Gasteiger partial charge is 0.383 e. The molecule has 0 saturated carbocycles. The third-order valence-corrected chi connectivity index (χ3v) is 6.57. The molecule has 140 valence electrons. The van der Waals surface area contributed by atoms with E-state index in [9.17, 15) is 8.42 Å². The van der Waals surface area contributed by atoms with Crippen LogP contribution in [0.5, 0.6) is 0 Å². The fourth-order valence-electron chi connectivity index (χ4n) is 3.04. The lowest BCUT2D eigenvalue weighted by atomic mass is 10.1. The van der Waals surface area contributed by atoms with Gasteiger partial charge in [0.15, 0.2) is 11.0 Å². The highest BCUT2D eigenvalue weighted by Crippen LogP contribution is 2.28. The standard InChI is InChI=1S/C17H22ClN5O2S/c1-19-15-16(18)20-12-21-17(15)22-14-7-9-23(10-8-14)26(24,25)11-13-5-3-2-4-6-13/h2-6,12,14,19H,7-11H2,1H3,(H,20,21,22). The molecular formula is C17H22ClN5O2S. The van der Waals surface area contributed by atoms with Crippen molar-refractivity contribution < 1.29 is 8.42 Å². The maximum Gasteiger partial charge on any atom is 0.218 e. The van der Waals surface area contributed by atoms with E-state index in [1.54, 1.807) is 11.4 Å². The van der Waals surface area contributed by atoms with Gasteiger partial charge in [-0.25, -0.2) is 22.7 Å². The first kappa shape index (κ1) is 18.9. The molecule has 0 atom stereocenters. The summed E-state index contributed by atoms with van der Waals surface area (Å²) in [6.45, 7) is 0.973. The Morgan fingerprint density at radius 2 is 1.88 bits per heavy atom. The maximum atomic E-state index is 12.6. The topological polar surface area (TPSA) is 87.2 Å². The van der Waals surface area contributed by atoms with Crippen LogP contribution in [0.25, 0.3) is 0 Å². The van der Waals surface area contributed by atoms with Crippen molar-refractivity contribution in [2.45, 2.75) is 24.6 Å². The SMILES string of the molecule is CNc1c(Cl)ncnc1NC1CCN(S(=O)(=O)Cc2ccccc2)CC1. The normalized spacial score (nSPS) is 16.4. The molecule has 2 heterocycles. The van der Waals surface area contributed by atoms with Gasteiger partial charge >= 0.3 is 0 Å². The van der Waals surface area contributed by atoms with Gasteiger partial charge < -0.3 is 10.6 Å². The van der Waals surface area contributed by atoms with E-state index in [1.807, 2.05) is 30.3 Å². The zero-order chi connectivity index (χ0) is 18.6. The van der Waals surface area contributed by atoms with Crippen LogP contribution in [-0.4, -0.2) is 48.9 Å². The number of hydrogen-bond acceptors (Lipinski definition) is 6. The average molecular weight is 396 g/mol. The number of sulfonamides is 1. The van der Waals surface area contributed by atoms with Crippen LogP contribution in [0, 0.1) is 0 Å². The molecule has 1 aromatic heterocycles. The molecule has 0 radical (unpaired) electrons. The summed E-state index contributed by atoms with van der Waals surface area (Å²) in [5.41, 5.74) is 1.45. The highest BCUT2D eigenvalue weighted by Gasteiger charge is 2.28. The van der Waals surface area contributed by atoms with Crippen molar-refractivity contribution in [1.29, 1.82) is 0 Å². The minimum absolute atomic E-state index is 0.0390. The first-order chi connectivity index (χ1) is 12.5. The average Bonchev–Trinajstić information content (AvgIpc) is 2.63. The number of rotatable bonds is 6. The number of halogens is 1. The lowest BCUT2D eigenvalue weighted by Crippen LogP contribution is -2.43. The van der Waals surface area contributed by atoms with Crippen molar-refractivity contribution in [2.24, 2.45) is 0 Å². The van der Waals surface area contributed by atoms with Crippen LogP contribution in [0.15, 0.2) is 36.7 Å². The van der Waals surface area contributed by atoms with E-state index in [2.05, 4.69) is 20.6 Å². The van der Waals surface area contributed by atoms with E-state index < -0.39 is 10.0 Å². The third-order valence-electron chi connectivity index (χ3n) is 4.43. The van der Waals surface area contributed by atoms with Crippen LogP contribution in [0.3, 0.4) is 0 Å². The molecular weight excluding hydrogens is 374 g/mol. The van der Waals surface area contributed by atoms with Gasteiger partial charge in [-0.15, -0.1) is 0 Å². The van der Waals surface area contributed by atoms with E-state index in [1.165, 1.54) is 6.33 Å². The van der Waals surface area contributed by atoms with Crippen LogP contribution in [0.2, 0.25) is 5.15 Å². The second-order valence-electron chi connectivity index (χ2n) is 6.20. The summed E-state index contributed by atoms with van der Waals surface area (Å²) in [5, 5.41) is 6.69. The lowest BCUT2D eigenvalue weighted by Gasteiger charge is -2.32. The highest BCUT2D eigenvalue weighted by molar-refractivity contribution is 7.88. The molecule has 1 aliphatic heterocycles. The van der Waals surface area contributed by atoms with Crippen LogP contribution >= 0.6 is 11.6 Å². The molecule has 3 rings (SSSR count). The van der Waals surface area contributed by atoms with Crippen molar-refractivity contribution in [3.8, 4) is 0 Å². The number of nitrogens with zero attached hydrogens (tertiary/aromatic N) is 3. The fourth-order valence-corrected chi connectivity index (χ4v) is 4.83. The van der Waals surface area contributed by atoms with Gasteiger partial charge in [-0.1, -0.05) is 41.9 Å². The van der Waals surface area contributed by atoms with E-state index in [0.29, 0.717) is 42.6 Å². The number of piperidine rings is 1.